The number of halogens is 1. The smallest absolute Gasteiger partial charge is 0.241 e. The van der Waals surface area contributed by atoms with Gasteiger partial charge in [-0.2, -0.15) is 0 Å². The molecule has 0 bridgehead atoms. The molecule has 0 radical (unpaired) electrons. The summed E-state index contributed by atoms with van der Waals surface area (Å²) in [5.41, 5.74) is 0. The second-order valence-electron chi connectivity index (χ2n) is 6.60. The van der Waals surface area contributed by atoms with Crippen LogP contribution in [0.4, 0.5) is 0 Å². The van der Waals surface area contributed by atoms with Crippen LogP contribution in [0.1, 0.15) is 17.6 Å². The molecule has 1 fully saturated rings. The van der Waals surface area contributed by atoms with Crippen LogP contribution < -0.4 is 14.2 Å². The Morgan fingerprint density at radius 1 is 1.17 bits per heavy atom. The van der Waals surface area contributed by atoms with Gasteiger partial charge in [0.1, 0.15) is 16.4 Å². The number of hydrogen-bond acceptors (Lipinski definition) is 7. The summed E-state index contributed by atoms with van der Waals surface area (Å²) in [7, 11) is -0.859. The Morgan fingerprint density at radius 3 is 2.41 bits per heavy atom. The number of hydrogen-bond donors (Lipinski definition) is 1. The van der Waals surface area contributed by atoms with Crippen molar-refractivity contribution in [3.05, 3.63) is 40.3 Å². The van der Waals surface area contributed by atoms with Crippen molar-refractivity contribution in [3.8, 4) is 11.5 Å². The molecule has 1 aliphatic heterocycles. The molecule has 0 aliphatic carbocycles. The van der Waals surface area contributed by atoms with Crippen molar-refractivity contribution in [1.29, 1.82) is 0 Å². The summed E-state index contributed by atoms with van der Waals surface area (Å²) in [6.45, 7) is 4.63. The maximum atomic E-state index is 13.0. The Balaban J connectivity index is 1.84. The average Bonchev–Trinajstić information content (AvgIpc) is 3.14. The van der Waals surface area contributed by atoms with E-state index in [0.29, 0.717) is 42.3 Å². The van der Waals surface area contributed by atoms with Crippen molar-refractivity contribution >= 4 is 26.0 Å². The third kappa shape index (κ3) is 5.13. The first kappa shape index (κ1) is 22.1. The number of benzene rings is 1. The second-order valence-corrected chi connectivity index (χ2v) is 9.19. The molecule has 29 heavy (non-hydrogen) atoms. The third-order valence-electron chi connectivity index (χ3n) is 4.77. The van der Waals surface area contributed by atoms with E-state index in [9.17, 15) is 8.42 Å². The molecule has 0 amide bonds. The van der Waals surface area contributed by atoms with E-state index in [1.54, 1.807) is 6.07 Å². The number of morpholine rings is 1. The van der Waals surface area contributed by atoms with Crippen LogP contribution in [0.2, 0.25) is 0 Å². The van der Waals surface area contributed by atoms with Crippen LogP contribution in [-0.4, -0.2) is 60.4 Å². The molecule has 1 aliphatic rings. The summed E-state index contributed by atoms with van der Waals surface area (Å²) >= 11 is 3.32. The largest absolute Gasteiger partial charge is 0.493 e. The van der Waals surface area contributed by atoms with Gasteiger partial charge in [0.2, 0.25) is 10.0 Å². The number of nitrogens with zero attached hydrogens (tertiary/aromatic N) is 1. The number of aryl methyl sites for hydroxylation is 1. The zero-order chi connectivity index (χ0) is 21.0. The summed E-state index contributed by atoms with van der Waals surface area (Å²) < 4.78 is 50.9. The summed E-state index contributed by atoms with van der Waals surface area (Å²) in [5.74, 6) is 2.28. The van der Waals surface area contributed by atoms with E-state index in [0.717, 1.165) is 11.5 Å². The molecule has 2 aromatic rings. The van der Waals surface area contributed by atoms with E-state index < -0.39 is 10.0 Å². The standard InChI is InChI=1S/C19H25BrN2O6S/c1-13-4-5-16(28-13)15(22-6-8-27-9-7-22)12-21-29(23,24)19-11-18(26-3)17(25-2)10-14(19)20/h4-5,10-11,15,21H,6-9,12H2,1-3H3. The quantitative estimate of drug-likeness (QED) is 0.610. The summed E-state index contributed by atoms with van der Waals surface area (Å²) in [6, 6.07) is 6.54. The monoisotopic (exact) mass is 488 g/mol. The zero-order valence-corrected chi connectivity index (χ0v) is 19.0. The van der Waals surface area contributed by atoms with Crippen molar-refractivity contribution in [2.24, 2.45) is 0 Å². The normalized spacial score (nSPS) is 16.6. The molecule has 0 spiro atoms. The van der Waals surface area contributed by atoms with Crippen LogP contribution >= 0.6 is 15.9 Å². The van der Waals surface area contributed by atoms with Gasteiger partial charge < -0.3 is 18.6 Å². The lowest BCUT2D eigenvalue weighted by Gasteiger charge is -2.33. The van der Waals surface area contributed by atoms with E-state index in [4.69, 9.17) is 18.6 Å². The molecule has 1 saturated heterocycles. The molecular weight excluding hydrogens is 464 g/mol. The van der Waals surface area contributed by atoms with Gasteiger partial charge in [0.25, 0.3) is 0 Å². The Bertz CT molecular complexity index is 940. The zero-order valence-electron chi connectivity index (χ0n) is 16.6. The van der Waals surface area contributed by atoms with Crippen molar-refractivity contribution in [3.63, 3.8) is 0 Å². The first-order chi connectivity index (χ1) is 13.9. The Hall–Kier alpha value is -1.59. The fourth-order valence-electron chi connectivity index (χ4n) is 3.24. The molecule has 1 N–H and O–H groups in total. The number of nitrogens with one attached hydrogen (secondary N) is 1. The van der Waals surface area contributed by atoms with Crippen molar-refractivity contribution in [2.75, 3.05) is 47.1 Å². The first-order valence-electron chi connectivity index (χ1n) is 9.15. The van der Waals surface area contributed by atoms with Gasteiger partial charge in [0.15, 0.2) is 11.5 Å². The maximum absolute atomic E-state index is 13.0. The van der Waals surface area contributed by atoms with Crippen LogP contribution in [0.15, 0.2) is 38.1 Å². The van der Waals surface area contributed by atoms with Crippen LogP contribution in [-0.2, 0) is 14.8 Å². The third-order valence-corrected chi connectivity index (χ3v) is 7.15. The second kappa shape index (κ2) is 9.48. The molecule has 2 heterocycles. The Morgan fingerprint density at radius 2 is 1.83 bits per heavy atom. The molecule has 1 aromatic carbocycles. The number of sulfonamides is 1. The molecule has 1 aromatic heterocycles. The number of methoxy groups -OCH3 is 2. The topological polar surface area (TPSA) is 90.2 Å². The molecule has 1 atom stereocenters. The highest BCUT2D eigenvalue weighted by Gasteiger charge is 2.28. The lowest BCUT2D eigenvalue weighted by Crippen LogP contribution is -2.43. The lowest BCUT2D eigenvalue weighted by atomic mass is 10.2. The van der Waals surface area contributed by atoms with E-state index in [1.807, 2.05) is 19.1 Å². The average molecular weight is 489 g/mol. The van der Waals surface area contributed by atoms with Gasteiger partial charge in [0, 0.05) is 30.2 Å². The minimum absolute atomic E-state index is 0.0755. The Kier molecular flexibility index (Phi) is 7.23. The molecule has 10 heteroatoms. The van der Waals surface area contributed by atoms with Gasteiger partial charge in [0.05, 0.1) is 33.5 Å². The highest BCUT2D eigenvalue weighted by atomic mass is 79.9. The maximum Gasteiger partial charge on any atom is 0.241 e. The van der Waals surface area contributed by atoms with E-state index in [-0.39, 0.29) is 17.5 Å². The van der Waals surface area contributed by atoms with E-state index in [1.165, 1.54) is 20.3 Å². The number of rotatable bonds is 8. The molecular formula is C19H25BrN2O6S. The molecule has 3 rings (SSSR count). The van der Waals surface area contributed by atoms with Crippen molar-refractivity contribution in [2.45, 2.75) is 17.9 Å². The summed E-state index contributed by atoms with van der Waals surface area (Å²) in [5, 5.41) is 0. The van der Waals surface area contributed by atoms with Crippen molar-refractivity contribution < 1.29 is 27.0 Å². The van der Waals surface area contributed by atoms with E-state index >= 15 is 0 Å². The summed E-state index contributed by atoms with van der Waals surface area (Å²) in [4.78, 5) is 2.24. The number of furan rings is 1. The molecule has 1 unspecified atom stereocenters. The predicted octanol–water partition coefficient (Wildman–Crippen LogP) is 2.72. The minimum atomic E-state index is -3.82. The van der Waals surface area contributed by atoms with Gasteiger partial charge in [-0.1, -0.05) is 0 Å². The number of ether oxygens (including phenoxy) is 3. The van der Waals surface area contributed by atoms with Crippen LogP contribution in [0, 0.1) is 6.92 Å². The SMILES string of the molecule is COc1cc(Br)c(S(=O)(=O)NCC(c2ccc(C)o2)N2CCOCC2)cc1OC. The lowest BCUT2D eigenvalue weighted by molar-refractivity contribution is 0.0127. The van der Waals surface area contributed by atoms with Gasteiger partial charge in [-0.05, 0) is 41.1 Å². The fourth-order valence-corrected chi connectivity index (χ4v) is 5.31. The van der Waals surface area contributed by atoms with Crippen LogP contribution in [0.3, 0.4) is 0 Å². The highest BCUT2D eigenvalue weighted by Crippen LogP contribution is 2.35. The first-order valence-corrected chi connectivity index (χ1v) is 11.4. The molecule has 160 valence electrons. The van der Waals surface area contributed by atoms with Gasteiger partial charge in [-0.25, -0.2) is 13.1 Å². The molecule has 8 nitrogen and oxygen atoms in total. The van der Waals surface area contributed by atoms with Crippen LogP contribution in [0.25, 0.3) is 0 Å². The summed E-state index contributed by atoms with van der Waals surface area (Å²) in [6.07, 6.45) is 0. The van der Waals surface area contributed by atoms with Crippen molar-refractivity contribution in [1.82, 2.24) is 9.62 Å². The minimum Gasteiger partial charge on any atom is -0.493 e. The molecule has 0 saturated carbocycles. The van der Waals surface area contributed by atoms with E-state index in [2.05, 4.69) is 25.6 Å². The van der Waals surface area contributed by atoms with Gasteiger partial charge >= 0.3 is 0 Å². The highest BCUT2D eigenvalue weighted by molar-refractivity contribution is 9.10. The van der Waals surface area contributed by atoms with Crippen LogP contribution in [0.5, 0.6) is 11.5 Å². The predicted molar refractivity (Wildman–Crippen MR) is 111 cm³/mol. The Labute approximate surface area is 179 Å². The van der Waals surface area contributed by atoms with Gasteiger partial charge in [-0.3, -0.25) is 4.90 Å². The van der Waals surface area contributed by atoms with Gasteiger partial charge in [-0.15, -0.1) is 0 Å². The fraction of sp³-hybridized carbons (Fsp3) is 0.474.